The van der Waals surface area contributed by atoms with Gasteiger partial charge in [0.1, 0.15) is 35.6 Å². The molecule has 6 aromatic rings. The number of fused-ring (bicyclic) bond motifs is 6. The Morgan fingerprint density at radius 2 is 1.00 bits per heavy atom. The Labute approximate surface area is 255 Å². The Balaban J connectivity index is 0.00000185. The van der Waals surface area contributed by atoms with Gasteiger partial charge in [0.05, 0.1) is 25.3 Å². The number of methoxy groups -OCH3 is 2. The molecule has 0 unspecified atom stereocenters. The van der Waals surface area contributed by atoms with Gasteiger partial charge in [0.2, 0.25) is 11.4 Å². The maximum absolute atomic E-state index is 5.40. The van der Waals surface area contributed by atoms with E-state index < -0.39 is 0 Å². The number of nitrogens with one attached hydrogen (secondary N) is 2. The van der Waals surface area contributed by atoms with Crippen LogP contribution in [0.4, 0.5) is 0 Å². The van der Waals surface area contributed by atoms with Crippen LogP contribution in [0, 0.1) is 13.8 Å². The number of aromatic nitrogens is 4. The number of halogens is 2. The first-order valence-corrected chi connectivity index (χ1v) is 13.5. The maximum atomic E-state index is 5.40. The first-order chi connectivity index (χ1) is 18.6. The molecule has 2 aromatic carbocycles. The third-order valence-electron chi connectivity index (χ3n) is 8.07. The minimum absolute atomic E-state index is 0. The van der Waals surface area contributed by atoms with Gasteiger partial charge in [-0.05, 0) is 37.1 Å². The van der Waals surface area contributed by atoms with Crippen LogP contribution in [0.15, 0.2) is 60.9 Å². The predicted octanol–water partition coefficient (Wildman–Crippen LogP) is 0.433. The third-order valence-corrected chi connectivity index (χ3v) is 8.07. The van der Waals surface area contributed by atoms with Crippen molar-refractivity contribution >= 4 is 43.6 Å². The van der Waals surface area contributed by atoms with Crippen LogP contribution in [0.3, 0.4) is 0 Å². The quantitative estimate of drug-likeness (QED) is 0.174. The third kappa shape index (κ3) is 5.44. The van der Waals surface area contributed by atoms with Gasteiger partial charge in [-0.1, -0.05) is 0 Å². The van der Waals surface area contributed by atoms with Crippen molar-refractivity contribution in [2.75, 3.05) is 14.2 Å². The van der Waals surface area contributed by atoms with Gasteiger partial charge in [0, 0.05) is 72.5 Å². The molecular formula is C32H36Br2N4O2. The van der Waals surface area contributed by atoms with Crippen LogP contribution in [0.5, 0.6) is 11.5 Å². The fourth-order valence-electron chi connectivity index (χ4n) is 5.81. The number of nitrogens with zero attached hydrogens (tertiary/aromatic N) is 2. The van der Waals surface area contributed by atoms with Gasteiger partial charge in [-0.25, -0.2) is 9.13 Å². The molecule has 8 heteroatoms. The van der Waals surface area contributed by atoms with E-state index in [1.165, 1.54) is 69.6 Å². The van der Waals surface area contributed by atoms with E-state index >= 15 is 0 Å². The van der Waals surface area contributed by atoms with E-state index in [4.69, 9.17) is 9.47 Å². The van der Waals surface area contributed by atoms with Crippen molar-refractivity contribution < 1.29 is 52.6 Å². The summed E-state index contributed by atoms with van der Waals surface area (Å²) in [5.41, 5.74) is 7.25. The Morgan fingerprint density at radius 3 is 1.40 bits per heavy atom. The number of ether oxygens (including phenoxy) is 2. The standard InChI is InChI=1S/C32H34N4O2.2BrH/c1-21-31-27(25-11-9-23(37-3)19-29(25)33-31)13-17-35(21)15-7-5-6-8-16-36-18-14-28-26-12-10-24(38-4)20-30(26)34-32(28)22(36)2;;/h9-14,17-20H,5-8,15-16H2,1-4H3;2*1H. The largest absolute Gasteiger partial charge is 1.00 e. The molecule has 0 aliphatic rings. The summed E-state index contributed by atoms with van der Waals surface area (Å²) in [4.78, 5) is 7.22. The number of H-pyrrole nitrogens is 2. The van der Waals surface area contributed by atoms with Crippen molar-refractivity contribution in [3.63, 3.8) is 0 Å². The highest BCUT2D eigenvalue weighted by molar-refractivity contribution is 6.08. The number of pyridine rings is 2. The smallest absolute Gasteiger partial charge is 0.202 e. The molecule has 4 aromatic heterocycles. The van der Waals surface area contributed by atoms with E-state index in [-0.39, 0.29) is 34.0 Å². The minimum Gasteiger partial charge on any atom is -1.00 e. The van der Waals surface area contributed by atoms with E-state index in [0.717, 1.165) is 35.6 Å². The Morgan fingerprint density at radius 1 is 0.575 bits per heavy atom. The number of hydrogen-bond donors (Lipinski definition) is 2. The van der Waals surface area contributed by atoms with Crippen LogP contribution < -0.4 is 52.6 Å². The van der Waals surface area contributed by atoms with Gasteiger partial charge in [-0.15, -0.1) is 0 Å². The van der Waals surface area contributed by atoms with Gasteiger partial charge < -0.3 is 53.4 Å². The summed E-state index contributed by atoms with van der Waals surface area (Å²) in [6, 6.07) is 17.0. The summed E-state index contributed by atoms with van der Waals surface area (Å²) in [5.74, 6) is 1.76. The molecule has 0 amide bonds. The zero-order chi connectivity index (χ0) is 26.2. The zero-order valence-electron chi connectivity index (χ0n) is 23.5. The molecule has 0 atom stereocenters. The van der Waals surface area contributed by atoms with Crippen molar-refractivity contribution in [3.8, 4) is 11.5 Å². The summed E-state index contributed by atoms with van der Waals surface area (Å²) >= 11 is 0. The van der Waals surface area contributed by atoms with E-state index in [2.05, 4.69) is 81.7 Å². The first-order valence-electron chi connectivity index (χ1n) is 13.5. The van der Waals surface area contributed by atoms with Crippen LogP contribution in [-0.2, 0) is 13.1 Å². The Kier molecular flexibility index (Phi) is 9.41. The second kappa shape index (κ2) is 12.6. The lowest BCUT2D eigenvalue weighted by molar-refractivity contribution is -0.703. The minimum atomic E-state index is 0. The van der Waals surface area contributed by atoms with E-state index in [0.29, 0.717) is 0 Å². The number of unbranched alkanes of at least 4 members (excludes halogenated alkanes) is 3. The molecule has 0 bridgehead atoms. The Hall–Kier alpha value is -3.10. The van der Waals surface area contributed by atoms with Crippen molar-refractivity contribution in [1.29, 1.82) is 0 Å². The second-order valence-corrected chi connectivity index (χ2v) is 10.3. The van der Waals surface area contributed by atoms with Crippen molar-refractivity contribution in [1.82, 2.24) is 9.97 Å². The van der Waals surface area contributed by atoms with Gasteiger partial charge in [-0.2, -0.15) is 0 Å². The van der Waals surface area contributed by atoms with Gasteiger partial charge in [0.25, 0.3) is 0 Å². The molecule has 40 heavy (non-hydrogen) atoms. The first kappa shape index (κ1) is 29.9. The highest BCUT2D eigenvalue weighted by atomic mass is 79.9. The molecule has 0 radical (unpaired) electrons. The molecular weight excluding hydrogens is 632 g/mol. The second-order valence-electron chi connectivity index (χ2n) is 10.3. The van der Waals surface area contributed by atoms with Crippen LogP contribution in [-0.4, -0.2) is 24.2 Å². The molecule has 210 valence electrons. The van der Waals surface area contributed by atoms with Gasteiger partial charge >= 0.3 is 0 Å². The SMILES string of the molecule is COc1ccc2c(c1)[nH]c1c(C)[n+](CCCCCC[n+]3ccc4c([nH]c5cc(OC)ccc54)c3C)ccc12.[Br-].[Br-]. The molecule has 0 fully saturated rings. The van der Waals surface area contributed by atoms with E-state index in [1.807, 2.05) is 12.1 Å². The fraction of sp³-hybridized carbons (Fsp3) is 0.312. The lowest BCUT2D eigenvalue weighted by Gasteiger charge is -2.04. The molecule has 4 heterocycles. The predicted molar refractivity (Wildman–Crippen MR) is 153 cm³/mol. The average Bonchev–Trinajstić information content (AvgIpc) is 3.51. The summed E-state index contributed by atoms with van der Waals surface area (Å²) < 4.78 is 15.6. The number of aryl methyl sites for hydroxylation is 4. The highest BCUT2D eigenvalue weighted by Gasteiger charge is 2.17. The molecule has 0 spiro atoms. The number of rotatable bonds is 9. The molecule has 6 rings (SSSR count). The van der Waals surface area contributed by atoms with Crippen LogP contribution in [0.25, 0.3) is 43.6 Å². The molecule has 0 saturated carbocycles. The lowest BCUT2D eigenvalue weighted by atomic mass is 10.1. The molecule has 0 saturated heterocycles. The molecule has 0 aliphatic heterocycles. The number of aromatic amines is 2. The lowest BCUT2D eigenvalue weighted by Crippen LogP contribution is -3.00. The van der Waals surface area contributed by atoms with Crippen molar-refractivity contribution in [3.05, 3.63) is 72.3 Å². The zero-order valence-corrected chi connectivity index (χ0v) is 26.7. The van der Waals surface area contributed by atoms with E-state index in [9.17, 15) is 0 Å². The number of hydrogen-bond acceptors (Lipinski definition) is 2. The van der Waals surface area contributed by atoms with E-state index in [1.54, 1.807) is 14.2 Å². The maximum Gasteiger partial charge on any atom is 0.202 e. The summed E-state index contributed by atoms with van der Waals surface area (Å²) in [6.07, 6.45) is 9.28. The molecule has 2 N–H and O–H groups in total. The van der Waals surface area contributed by atoms with Crippen LogP contribution in [0.1, 0.15) is 37.1 Å². The highest BCUT2D eigenvalue weighted by Crippen LogP contribution is 2.30. The summed E-state index contributed by atoms with van der Waals surface area (Å²) in [6.45, 7) is 6.50. The summed E-state index contributed by atoms with van der Waals surface area (Å²) in [5, 5.41) is 5.04. The Bertz CT molecular complexity index is 1660. The monoisotopic (exact) mass is 666 g/mol. The molecule has 0 aliphatic carbocycles. The normalized spacial score (nSPS) is 11.2. The van der Waals surface area contributed by atoms with Crippen LogP contribution >= 0.6 is 0 Å². The average molecular weight is 668 g/mol. The van der Waals surface area contributed by atoms with Gasteiger partial charge in [0.15, 0.2) is 12.4 Å². The topological polar surface area (TPSA) is 57.8 Å². The van der Waals surface area contributed by atoms with Crippen molar-refractivity contribution in [2.45, 2.75) is 52.6 Å². The summed E-state index contributed by atoms with van der Waals surface area (Å²) in [7, 11) is 3.42. The molecule has 6 nitrogen and oxygen atoms in total. The van der Waals surface area contributed by atoms with Gasteiger partial charge in [-0.3, -0.25) is 0 Å². The van der Waals surface area contributed by atoms with Crippen LogP contribution in [0.2, 0.25) is 0 Å². The fourth-order valence-corrected chi connectivity index (χ4v) is 5.81. The number of benzene rings is 2. The van der Waals surface area contributed by atoms with Crippen molar-refractivity contribution in [2.24, 2.45) is 0 Å².